The van der Waals surface area contributed by atoms with Gasteiger partial charge in [0.2, 0.25) is 0 Å². The van der Waals surface area contributed by atoms with Crippen LogP contribution in [0.25, 0.3) is 22.4 Å². The molecule has 0 saturated carbocycles. The number of rotatable bonds is 4. The molecule has 0 radical (unpaired) electrons. The summed E-state index contributed by atoms with van der Waals surface area (Å²) in [5, 5.41) is 4.36. The smallest absolute Gasteiger partial charge is 0.266 e. The van der Waals surface area contributed by atoms with Crippen molar-refractivity contribution in [1.29, 1.82) is 0 Å². The molecule has 1 aromatic carbocycles. The molecule has 0 bridgehead atoms. The van der Waals surface area contributed by atoms with Gasteiger partial charge in [-0.1, -0.05) is 0 Å². The quantitative estimate of drug-likeness (QED) is 0.557. The number of aromatic nitrogens is 6. The van der Waals surface area contributed by atoms with Gasteiger partial charge in [0.1, 0.15) is 23.5 Å². The summed E-state index contributed by atoms with van der Waals surface area (Å²) in [5.74, 6) is -0.658. The summed E-state index contributed by atoms with van der Waals surface area (Å²) in [6.07, 6.45) is 4.83. The van der Waals surface area contributed by atoms with Gasteiger partial charge in [0.25, 0.3) is 5.56 Å². The van der Waals surface area contributed by atoms with Crippen LogP contribution in [0.4, 0.5) is 14.6 Å². The summed E-state index contributed by atoms with van der Waals surface area (Å²) in [6.45, 7) is 1.10. The number of nitrogens with zero attached hydrogens (tertiary/aromatic N) is 6. The van der Waals surface area contributed by atoms with Crippen LogP contribution >= 0.6 is 0 Å². The number of nitrogens with one attached hydrogen (secondary N) is 1. The van der Waals surface area contributed by atoms with Gasteiger partial charge in [-0.25, -0.2) is 28.4 Å². The molecule has 1 aliphatic heterocycles. The van der Waals surface area contributed by atoms with Crippen molar-refractivity contribution in [3.8, 4) is 11.3 Å². The van der Waals surface area contributed by atoms with Crippen molar-refractivity contribution in [2.75, 3.05) is 11.4 Å². The summed E-state index contributed by atoms with van der Waals surface area (Å²) >= 11 is 0. The predicted octanol–water partition coefficient (Wildman–Crippen LogP) is 2.52. The maximum Gasteiger partial charge on any atom is 0.266 e. The van der Waals surface area contributed by atoms with Crippen molar-refractivity contribution in [2.45, 2.75) is 25.4 Å². The Morgan fingerprint density at radius 3 is 2.77 bits per heavy atom. The first-order chi connectivity index (χ1) is 14.6. The molecule has 0 amide bonds. The Kier molecular flexibility index (Phi) is 4.46. The van der Waals surface area contributed by atoms with E-state index in [-0.39, 0.29) is 17.2 Å². The maximum absolute atomic E-state index is 13.6. The molecule has 4 aromatic rings. The highest BCUT2D eigenvalue weighted by Gasteiger charge is 2.28. The van der Waals surface area contributed by atoms with Crippen LogP contribution < -0.4 is 10.5 Å². The molecule has 0 unspecified atom stereocenters. The molecule has 152 valence electrons. The summed E-state index contributed by atoms with van der Waals surface area (Å²) in [4.78, 5) is 30.3. The van der Waals surface area contributed by atoms with Crippen LogP contribution in [0.3, 0.4) is 0 Å². The lowest BCUT2D eigenvalue weighted by Gasteiger charge is -2.26. The standard InChI is InChI=1S/C20H17F2N7O/c21-13-6-12(7-14(22)8-13)16-3-4-17(30)29(27-16)9-15-2-1-5-28(15)20-18-19(24-10-23-18)25-11-26-20/h3-4,6-8,10-11,15H,1-2,5,9H2,(H,23,24,25,26)/t15-/m1/s1. The van der Waals surface area contributed by atoms with Crippen LogP contribution in [0.5, 0.6) is 0 Å². The maximum atomic E-state index is 13.6. The summed E-state index contributed by atoms with van der Waals surface area (Å²) in [7, 11) is 0. The van der Waals surface area contributed by atoms with Crippen molar-refractivity contribution in [3.05, 3.63) is 65.0 Å². The normalized spacial score (nSPS) is 16.5. The second-order valence-corrected chi connectivity index (χ2v) is 7.18. The Hall–Kier alpha value is -3.69. The molecule has 3 aromatic heterocycles. The summed E-state index contributed by atoms with van der Waals surface area (Å²) in [6, 6.07) is 6.00. The third kappa shape index (κ3) is 3.30. The average Bonchev–Trinajstić information content (AvgIpc) is 3.38. The molecule has 1 saturated heterocycles. The number of aromatic amines is 1. The first-order valence-corrected chi connectivity index (χ1v) is 9.54. The van der Waals surface area contributed by atoms with Crippen molar-refractivity contribution >= 4 is 17.0 Å². The molecule has 1 aliphatic rings. The van der Waals surface area contributed by atoms with Crippen molar-refractivity contribution in [2.24, 2.45) is 0 Å². The minimum Gasteiger partial charge on any atom is -0.350 e. The van der Waals surface area contributed by atoms with E-state index >= 15 is 0 Å². The van der Waals surface area contributed by atoms with E-state index < -0.39 is 11.6 Å². The topological polar surface area (TPSA) is 92.6 Å². The Labute approximate surface area is 169 Å². The Balaban J connectivity index is 1.48. The first-order valence-electron chi connectivity index (χ1n) is 9.54. The highest BCUT2D eigenvalue weighted by atomic mass is 19.1. The third-order valence-corrected chi connectivity index (χ3v) is 5.26. The first kappa shape index (κ1) is 18.3. The second-order valence-electron chi connectivity index (χ2n) is 7.18. The van der Waals surface area contributed by atoms with Crippen LogP contribution in [0, 0.1) is 11.6 Å². The Bertz CT molecular complexity index is 1270. The fourth-order valence-electron chi connectivity index (χ4n) is 3.91. The summed E-state index contributed by atoms with van der Waals surface area (Å²) in [5.41, 5.74) is 1.65. The fraction of sp³-hybridized carbons (Fsp3) is 0.250. The zero-order valence-electron chi connectivity index (χ0n) is 15.8. The molecule has 1 N–H and O–H groups in total. The molecule has 5 rings (SSSR count). The van der Waals surface area contributed by atoms with Gasteiger partial charge in [0.05, 0.1) is 24.6 Å². The molecular weight excluding hydrogens is 392 g/mol. The number of benzene rings is 1. The highest BCUT2D eigenvalue weighted by Crippen LogP contribution is 2.28. The molecule has 10 heteroatoms. The molecule has 0 spiro atoms. The van der Waals surface area contributed by atoms with E-state index in [2.05, 4.69) is 29.9 Å². The van der Waals surface area contributed by atoms with E-state index in [4.69, 9.17) is 0 Å². The number of H-pyrrole nitrogens is 1. The Morgan fingerprint density at radius 2 is 1.93 bits per heavy atom. The van der Waals surface area contributed by atoms with Gasteiger partial charge in [-0.05, 0) is 31.0 Å². The molecule has 0 aliphatic carbocycles. The molecule has 1 fully saturated rings. The predicted molar refractivity (Wildman–Crippen MR) is 106 cm³/mol. The minimum absolute atomic E-state index is 0.0175. The van der Waals surface area contributed by atoms with Crippen molar-refractivity contribution in [1.82, 2.24) is 29.7 Å². The largest absolute Gasteiger partial charge is 0.350 e. The van der Waals surface area contributed by atoms with Crippen LogP contribution in [0.15, 0.2) is 47.8 Å². The van der Waals surface area contributed by atoms with E-state index in [0.717, 1.165) is 36.8 Å². The SMILES string of the molecule is O=c1ccc(-c2cc(F)cc(F)c2)nn1C[C@H]1CCCN1c1ncnc2nc[nH]c12. The van der Waals surface area contributed by atoms with Crippen LogP contribution in [0.2, 0.25) is 0 Å². The second kappa shape index (κ2) is 7.29. The molecule has 1 atom stereocenters. The third-order valence-electron chi connectivity index (χ3n) is 5.26. The van der Waals surface area contributed by atoms with Gasteiger partial charge >= 0.3 is 0 Å². The molecule has 4 heterocycles. The van der Waals surface area contributed by atoms with E-state index in [9.17, 15) is 13.6 Å². The molecule has 8 nitrogen and oxygen atoms in total. The molecule has 30 heavy (non-hydrogen) atoms. The number of fused-ring (bicyclic) bond motifs is 1. The van der Waals surface area contributed by atoms with Gasteiger partial charge in [-0.3, -0.25) is 4.79 Å². The van der Waals surface area contributed by atoms with E-state index in [1.807, 2.05) is 0 Å². The number of halogens is 2. The van der Waals surface area contributed by atoms with Gasteiger partial charge in [-0.15, -0.1) is 0 Å². The van der Waals surface area contributed by atoms with E-state index in [1.54, 1.807) is 6.33 Å². The molecular formula is C20H17F2N7O. The van der Waals surface area contributed by atoms with Crippen LogP contribution in [0.1, 0.15) is 12.8 Å². The van der Waals surface area contributed by atoms with Gasteiger partial charge in [-0.2, -0.15) is 5.10 Å². The van der Waals surface area contributed by atoms with Crippen LogP contribution in [-0.2, 0) is 6.54 Å². The highest BCUT2D eigenvalue weighted by molar-refractivity contribution is 5.83. The van der Waals surface area contributed by atoms with Gasteiger partial charge < -0.3 is 9.88 Å². The van der Waals surface area contributed by atoms with E-state index in [1.165, 1.54) is 35.3 Å². The minimum atomic E-state index is -0.696. The number of hydrogen-bond donors (Lipinski definition) is 1. The van der Waals surface area contributed by atoms with Crippen molar-refractivity contribution in [3.63, 3.8) is 0 Å². The fourth-order valence-corrected chi connectivity index (χ4v) is 3.91. The number of hydrogen-bond acceptors (Lipinski definition) is 6. The van der Waals surface area contributed by atoms with Crippen LogP contribution in [-0.4, -0.2) is 42.3 Å². The lowest BCUT2D eigenvalue weighted by Crippen LogP contribution is -2.37. The zero-order valence-corrected chi connectivity index (χ0v) is 15.8. The Morgan fingerprint density at radius 1 is 1.10 bits per heavy atom. The number of imidazole rings is 1. The zero-order chi connectivity index (χ0) is 20.7. The van der Waals surface area contributed by atoms with Crippen molar-refractivity contribution < 1.29 is 8.78 Å². The number of anilines is 1. The van der Waals surface area contributed by atoms with Gasteiger partial charge in [0.15, 0.2) is 11.5 Å². The lowest BCUT2D eigenvalue weighted by atomic mass is 10.1. The van der Waals surface area contributed by atoms with E-state index in [0.29, 0.717) is 17.9 Å². The van der Waals surface area contributed by atoms with Gasteiger partial charge in [0, 0.05) is 24.2 Å². The average molecular weight is 409 g/mol. The summed E-state index contributed by atoms with van der Waals surface area (Å²) < 4.78 is 28.5. The monoisotopic (exact) mass is 409 g/mol. The lowest BCUT2D eigenvalue weighted by molar-refractivity contribution is 0.489.